The van der Waals surface area contributed by atoms with Crippen molar-refractivity contribution >= 4 is 21.7 Å². The SMILES string of the molecule is Cc1cccc(NS(=O)(=O)c2cccc(C(=O)OCC3CCCO3)c2)c1. The normalized spacial score (nSPS) is 17.0. The van der Waals surface area contributed by atoms with Crippen LogP contribution in [0.3, 0.4) is 0 Å². The number of sulfonamides is 1. The van der Waals surface area contributed by atoms with Crippen molar-refractivity contribution in [1.82, 2.24) is 0 Å². The molecule has 1 atom stereocenters. The molecule has 0 aromatic heterocycles. The Morgan fingerprint density at radius 1 is 1.23 bits per heavy atom. The third kappa shape index (κ3) is 4.62. The molecule has 0 aliphatic carbocycles. The number of esters is 1. The largest absolute Gasteiger partial charge is 0.459 e. The average Bonchev–Trinajstić information content (AvgIpc) is 3.13. The Hall–Kier alpha value is -2.38. The lowest BCUT2D eigenvalue weighted by molar-refractivity contribution is 0.0161. The summed E-state index contributed by atoms with van der Waals surface area (Å²) in [6, 6.07) is 12.9. The zero-order valence-electron chi connectivity index (χ0n) is 14.5. The minimum absolute atomic E-state index is 0.00516. The highest BCUT2D eigenvalue weighted by atomic mass is 32.2. The highest BCUT2D eigenvalue weighted by Gasteiger charge is 2.20. The monoisotopic (exact) mass is 375 g/mol. The van der Waals surface area contributed by atoms with Crippen LogP contribution in [0, 0.1) is 6.92 Å². The molecule has 0 saturated carbocycles. The number of hydrogen-bond donors (Lipinski definition) is 1. The van der Waals surface area contributed by atoms with E-state index in [-0.39, 0.29) is 23.2 Å². The van der Waals surface area contributed by atoms with Gasteiger partial charge < -0.3 is 9.47 Å². The third-order valence-corrected chi connectivity index (χ3v) is 5.45. The van der Waals surface area contributed by atoms with Crippen molar-refractivity contribution in [2.24, 2.45) is 0 Å². The summed E-state index contributed by atoms with van der Waals surface area (Å²) in [6.07, 6.45) is 1.75. The number of nitrogens with one attached hydrogen (secondary N) is 1. The van der Waals surface area contributed by atoms with Crippen LogP contribution >= 0.6 is 0 Å². The smallest absolute Gasteiger partial charge is 0.338 e. The van der Waals surface area contributed by atoms with Gasteiger partial charge in [-0.15, -0.1) is 0 Å². The van der Waals surface area contributed by atoms with Crippen LogP contribution in [0.4, 0.5) is 5.69 Å². The molecule has 1 aliphatic heterocycles. The minimum Gasteiger partial charge on any atom is -0.459 e. The fraction of sp³-hybridized carbons (Fsp3) is 0.316. The molecule has 138 valence electrons. The molecule has 1 saturated heterocycles. The molecule has 0 amide bonds. The first-order valence-electron chi connectivity index (χ1n) is 8.42. The average molecular weight is 375 g/mol. The summed E-state index contributed by atoms with van der Waals surface area (Å²) >= 11 is 0. The van der Waals surface area contributed by atoms with Crippen LogP contribution in [-0.2, 0) is 19.5 Å². The molecule has 26 heavy (non-hydrogen) atoms. The Morgan fingerprint density at radius 3 is 2.77 bits per heavy atom. The highest BCUT2D eigenvalue weighted by molar-refractivity contribution is 7.92. The van der Waals surface area contributed by atoms with E-state index < -0.39 is 16.0 Å². The summed E-state index contributed by atoms with van der Waals surface area (Å²) in [5.74, 6) is -0.562. The number of rotatable bonds is 6. The van der Waals surface area contributed by atoms with Crippen molar-refractivity contribution in [1.29, 1.82) is 0 Å². The van der Waals surface area contributed by atoms with E-state index in [1.54, 1.807) is 18.2 Å². The molecule has 0 radical (unpaired) electrons. The van der Waals surface area contributed by atoms with E-state index in [1.807, 2.05) is 13.0 Å². The number of carbonyl (C=O) groups is 1. The van der Waals surface area contributed by atoms with Crippen LogP contribution in [0.1, 0.15) is 28.8 Å². The quantitative estimate of drug-likeness (QED) is 0.785. The van der Waals surface area contributed by atoms with Crippen LogP contribution in [0.2, 0.25) is 0 Å². The molecule has 2 aromatic rings. The summed E-state index contributed by atoms with van der Waals surface area (Å²) in [5.41, 5.74) is 1.60. The predicted octanol–water partition coefficient (Wildman–Crippen LogP) is 3.13. The van der Waals surface area contributed by atoms with Gasteiger partial charge in [0.2, 0.25) is 0 Å². The van der Waals surface area contributed by atoms with E-state index in [0.29, 0.717) is 12.3 Å². The molecule has 0 bridgehead atoms. The van der Waals surface area contributed by atoms with Gasteiger partial charge in [0.25, 0.3) is 10.0 Å². The van der Waals surface area contributed by atoms with E-state index in [1.165, 1.54) is 24.3 Å². The zero-order chi connectivity index (χ0) is 18.6. The van der Waals surface area contributed by atoms with Crippen LogP contribution in [0.15, 0.2) is 53.4 Å². The maximum atomic E-state index is 12.6. The first kappa shape index (κ1) is 18.4. The Morgan fingerprint density at radius 2 is 2.04 bits per heavy atom. The van der Waals surface area contributed by atoms with Crippen LogP contribution in [0.25, 0.3) is 0 Å². The fourth-order valence-corrected chi connectivity index (χ4v) is 3.84. The second-order valence-electron chi connectivity index (χ2n) is 6.24. The summed E-state index contributed by atoms with van der Waals surface area (Å²) in [5, 5.41) is 0. The van der Waals surface area contributed by atoms with Gasteiger partial charge in [0.15, 0.2) is 0 Å². The van der Waals surface area contributed by atoms with Gasteiger partial charge in [-0.1, -0.05) is 18.2 Å². The van der Waals surface area contributed by atoms with E-state index in [4.69, 9.17) is 9.47 Å². The van der Waals surface area contributed by atoms with Gasteiger partial charge in [-0.3, -0.25) is 4.72 Å². The predicted molar refractivity (Wildman–Crippen MR) is 97.7 cm³/mol. The molecule has 1 unspecified atom stereocenters. The van der Waals surface area contributed by atoms with Gasteiger partial charge >= 0.3 is 5.97 Å². The zero-order valence-corrected chi connectivity index (χ0v) is 15.3. The number of aryl methyl sites for hydroxylation is 1. The number of benzene rings is 2. The van der Waals surface area contributed by atoms with E-state index in [0.717, 1.165) is 18.4 Å². The molecule has 6 nitrogen and oxygen atoms in total. The fourth-order valence-electron chi connectivity index (χ4n) is 2.74. The van der Waals surface area contributed by atoms with Gasteiger partial charge in [0.1, 0.15) is 6.61 Å². The Bertz CT molecular complexity index is 888. The first-order valence-corrected chi connectivity index (χ1v) is 9.91. The van der Waals surface area contributed by atoms with Crippen LogP contribution in [0.5, 0.6) is 0 Å². The molecule has 0 spiro atoms. The van der Waals surface area contributed by atoms with Crippen molar-refractivity contribution < 1.29 is 22.7 Å². The number of ether oxygens (including phenoxy) is 2. The number of carbonyl (C=O) groups excluding carboxylic acids is 1. The van der Waals surface area contributed by atoms with Crippen molar-refractivity contribution in [2.45, 2.75) is 30.8 Å². The number of anilines is 1. The third-order valence-electron chi connectivity index (χ3n) is 4.07. The van der Waals surface area contributed by atoms with Crippen LogP contribution in [-0.4, -0.2) is 33.7 Å². The summed E-state index contributed by atoms with van der Waals surface area (Å²) < 4.78 is 38.3. The van der Waals surface area contributed by atoms with Crippen molar-refractivity contribution in [3.8, 4) is 0 Å². The second kappa shape index (κ2) is 7.88. The molecule has 3 rings (SSSR count). The van der Waals surface area contributed by atoms with E-state index >= 15 is 0 Å². The van der Waals surface area contributed by atoms with E-state index in [9.17, 15) is 13.2 Å². The van der Waals surface area contributed by atoms with Crippen molar-refractivity contribution in [3.63, 3.8) is 0 Å². The van der Waals surface area contributed by atoms with E-state index in [2.05, 4.69) is 4.72 Å². The van der Waals surface area contributed by atoms with Gasteiger partial charge in [-0.25, -0.2) is 13.2 Å². The van der Waals surface area contributed by atoms with Crippen LogP contribution < -0.4 is 4.72 Å². The van der Waals surface area contributed by atoms with Crippen molar-refractivity contribution in [3.05, 3.63) is 59.7 Å². The first-order chi connectivity index (χ1) is 12.4. The van der Waals surface area contributed by atoms with Gasteiger partial charge in [0, 0.05) is 12.3 Å². The maximum Gasteiger partial charge on any atom is 0.338 e. The standard InChI is InChI=1S/C19H21NO5S/c1-14-5-2-7-16(11-14)20-26(22,23)18-9-3-6-15(12-18)19(21)25-13-17-8-4-10-24-17/h2-3,5-7,9,11-12,17,20H,4,8,10,13H2,1H3. The molecule has 1 aliphatic rings. The molecule has 7 heteroatoms. The summed E-state index contributed by atoms with van der Waals surface area (Å²) in [7, 11) is -3.80. The van der Waals surface area contributed by atoms with Crippen molar-refractivity contribution in [2.75, 3.05) is 17.9 Å². The Labute approximate surface area is 153 Å². The Balaban J connectivity index is 1.71. The minimum atomic E-state index is -3.80. The highest BCUT2D eigenvalue weighted by Crippen LogP contribution is 2.19. The maximum absolute atomic E-state index is 12.6. The molecule has 2 aromatic carbocycles. The summed E-state index contributed by atoms with van der Waals surface area (Å²) in [6.45, 7) is 2.74. The molecule has 1 heterocycles. The summed E-state index contributed by atoms with van der Waals surface area (Å²) in [4.78, 5) is 12.2. The van der Waals surface area contributed by atoms with Gasteiger partial charge in [-0.2, -0.15) is 0 Å². The number of hydrogen-bond acceptors (Lipinski definition) is 5. The van der Waals surface area contributed by atoms with Gasteiger partial charge in [-0.05, 0) is 55.7 Å². The lowest BCUT2D eigenvalue weighted by Crippen LogP contribution is -2.18. The lowest BCUT2D eigenvalue weighted by Gasteiger charge is -2.12. The molecular formula is C19H21NO5S. The Kier molecular flexibility index (Phi) is 5.58. The van der Waals surface area contributed by atoms with Gasteiger partial charge in [0.05, 0.1) is 16.6 Å². The topological polar surface area (TPSA) is 81.7 Å². The second-order valence-corrected chi connectivity index (χ2v) is 7.92. The molecule has 1 N–H and O–H groups in total. The molecular weight excluding hydrogens is 354 g/mol. The lowest BCUT2D eigenvalue weighted by atomic mass is 10.2. The molecule has 1 fully saturated rings.